The van der Waals surface area contributed by atoms with Crippen molar-refractivity contribution >= 4 is 5.97 Å². The second-order valence-electron chi connectivity index (χ2n) is 4.93. The van der Waals surface area contributed by atoms with Gasteiger partial charge in [-0.25, -0.2) is 4.39 Å². The highest BCUT2D eigenvalue weighted by atomic mass is 19.1. The summed E-state index contributed by atoms with van der Waals surface area (Å²) in [5.74, 6) is -0.712. The first-order valence-corrected chi connectivity index (χ1v) is 6.29. The van der Waals surface area contributed by atoms with Crippen molar-refractivity contribution in [3.63, 3.8) is 0 Å². The maximum absolute atomic E-state index is 12.9. The van der Waals surface area contributed by atoms with Crippen molar-refractivity contribution < 1.29 is 14.3 Å². The number of rotatable bonds is 6. The number of benzene rings is 1. The van der Waals surface area contributed by atoms with Crippen LogP contribution in [-0.4, -0.2) is 23.7 Å². The van der Waals surface area contributed by atoms with Crippen LogP contribution < -0.4 is 5.32 Å². The number of hydrogen-bond acceptors (Lipinski definition) is 2. The molecule has 3 nitrogen and oxygen atoms in total. The summed E-state index contributed by atoms with van der Waals surface area (Å²) in [5, 5.41) is 12.1. The quantitative estimate of drug-likeness (QED) is 0.814. The molecule has 1 aromatic rings. The van der Waals surface area contributed by atoms with E-state index in [2.05, 4.69) is 5.32 Å². The van der Waals surface area contributed by atoms with Crippen molar-refractivity contribution in [1.29, 1.82) is 0 Å². The first kappa shape index (κ1) is 13.0. The molecule has 1 aromatic carbocycles. The molecule has 0 spiro atoms. The minimum Gasteiger partial charge on any atom is -0.480 e. The van der Waals surface area contributed by atoms with Gasteiger partial charge in [0, 0.05) is 0 Å². The molecule has 2 N–H and O–H groups in total. The number of carboxylic acids is 1. The van der Waals surface area contributed by atoms with Gasteiger partial charge in [0.15, 0.2) is 0 Å². The molecular formula is C14H18FNO2. The molecule has 0 aliphatic heterocycles. The van der Waals surface area contributed by atoms with Gasteiger partial charge in [0.1, 0.15) is 11.9 Å². The molecule has 0 radical (unpaired) electrons. The third-order valence-electron chi connectivity index (χ3n) is 3.42. The van der Waals surface area contributed by atoms with Crippen molar-refractivity contribution in [3.05, 3.63) is 35.1 Å². The Hall–Kier alpha value is -1.42. The number of aliphatic carboxylic acids is 1. The maximum atomic E-state index is 12.9. The van der Waals surface area contributed by atoms with Crippen LogP contribution in [0.1, 0.15) is 24.0 Å². The van der Waals surface area contributed by atoms with Crippen LogP contribution >= 0.6 is 0 Å². The van der Waals surface area contributed by atoms with Gasteiger partial charge < -0.3 is 10.4 Å². The third-order valence-corrected chi connectivity index (χ3v) is 3.42. The Morgan fingerprint density at radius 3 is 2.83 bits per heavy atom. The molecule has 0 bridgehead atoms. The summed E-state index contributed by atoms with van der Waals surface area (Å²) >= 11 is 0. The SMILES string of the molecule is Cc1cc(F)ccc1CCNC(C(=O)O)C1CC1. The molecule has 1 aliphatic rings. The maximum Gasteiger partial charge on any atom is 0.320 e. The van der Waals surface area contributed by atoms with E-state index in [-0.39, 0.29) is 11.7 Å². The largest absolute Gasteiger partial charge is 0.480 e. The summed E-state index contributed by atoms with van der Waals surface area (Å²) in [5.41, 5.74) is 1.97. The minimum atomic E-state index is -0.770. The molecule has 1 atom stereocenters. The van der Waals surface area contributed by atoms with Crippen LogP contribution in [0, 0.1) is 18.7 Å². The number of hydrogen-bond donors (Lipinski definition) is 2. The van der Waals surface area contributed by atoms with Gasteiger partial charge in [-0.05, 0) is 61.9 Å². The smallest absolute Gasteiger partial charge is 0.320 e. The summed E-state index contributed by atoms with van der Waals surface area (Å²) in [6.45, 7) is 2.48. The van der Waals surface area contributed by atoms with Gasteiger partial charge in [-0.2, -0.15) is 0 Å². The van der Waals surface area contributed by atoms with E-state index in [0.717, 1.165) is 30.4 Å². The van der Waals surface area contributed by atoms with Gasteiger partial charge in [-0.1, -0.05) is 6.07 Å². The highest BCUT2D eigenvalue weighted by Crippen LogP contribution is 2.32. The lowest BCUT2D eigenvalue weighted by molar-refractivity contribution is -0.140. The molecule has 1 aliphatic carbocycles. The molecule has 1 unspecified atom stereocenters. The van der Waals surface area contributed by atoms with Gasteiger partial charge >= 0.3 is 5.97 Å². The fourth-order valence-corrected chi connectivity index (χ4v) is 2.19. The molecular weight excluding hydrogens is 233 g/mol. The van der Waals surface area contributed by atoms with Gasteiger partial charge in [0.25, 0.3) is 0 Å². The Morgan fingerprint density at radius 1 is 1.56 bits per heavy atom. The zero-order valence-electron chi connectivity index (χ0n) is 10.4. The Kier molecular flexibility index (Phi) is 3.97. The lowest BCUT2D eigenvalue weighted by atomic mass is 10.1. The topological polar surface area (TPSA) is 49.3 Å². The highest BCUT2D eigenvalue weighted by Gasteiger charge is 2.35. The average Bonchev–Trinajstić information content (AvgIpc) is 3.10. The van der Waals surface area contributed by atoms with E-state index in [0.29, 0.717) is 6.54 Å². The predicted octanol–water partition coefficient (Wildman–Crippen LogP) is 2.13. The van der Waals surface area contributed by atoms with E-state index >= 15 is 0 Å². The van der Waals surface area contributed by atoms with Crippen LogP contribution in [0.15, 0.2) is 18.2 Å². The Balaban J connectivity index is 1.85. The summed E-state index contributed by atoms with van der Waals surface area (Å²) in [6.07, 6.45) is 2.72. The molecule has 1 fully saturated rings. The fourth-order valence-electron chi connectivity index (χ4n) is 2.19. The van der Waals surface area contributed by atoms with Gasteiger partial charge in [-0.15, -0.1) is 0 Å². The van der Waals surface area contributed by atoms with Crippen molar-refractivity contribution in [2.24, 2.45) is 5.92 Å². The second-order valence-corrected chi connectivity index (χ2v) is 4.93. The zero-order valence-corrected chi connectivity index (χ0v) is 10.4. The zero-order chi connectivity index (χ0) is 13.1. The molecule has 98 valence electrons. The van der Waals surface area contributed by atoms with Crippen molar-refractivity contribution in [3.8, 4) is 0 Å². The predicted molar refractivity (Wildman–Crippen MR) is 67.0 cm³/mol. The molecule has 1 saturated carbocycles. The first-order valence-electron chi connectivity index (χ1n) is 6.29. The third kappa shape index (κ3) is 3.29. The van der Waals surface area contributed by atoms with Crippen molar-refractivity contribution in [1.82, 2.24) is 5.32 Å². The van der Waals surface area contributed by atoms with E-state index < -0.39 is 12.0 Å². The van der Waals surface area contributed by atoms with E-state index in [1.807, 2.05) is 6.92 Å². The molecule has 0 heterocycles. The lowest BCUT2D eigenvalue weighted by Gasteiger charge is -2.14. The molecule has 0 amide bonds. The Labute approximate surface area is 106 Å². The fraction of sp³-hybridized carbons (Fsp3) is 0.500. The van der Waals surface area contributed by atoms with Crippen LogP contribution in [0.4, 0.5) is 4.39 Å². The van der Waals surface area contributed by atoms with Crippen molar-refractivity contribution in [2.75, 3.05) is 6.54 Å². The van der Waals surface area contributed by atoms with E-state index in [4.69, 9.17) is 5.11 Å². The van der Waals surface area contributed by atoms with E-state index in [1.54, 1.807) is 6.07 Å². The Bertz CT molecular complexity index is 443. The van der Waals surface area contributed by atoms with Crippen molar-refractivity contribution in [2.45, 2.75) is 32.2 Å². The van der Waals surface area contributed by atoms with Crippen LogP contribution in [-0.2, 0) is 11.2 Å². The van der Waals surface area contributed by atoms with Gasteiger partial charge in [0.2, 0.25) is 0 Å². The monoisotopic (exact) mass is 251 g/mol. The number of nitrogens with one attached hydrogen (secondary N) is 1. The molecule has 0 saturated heterocycles. The highest BCUT2D eigenvalue weighted by molar-refractivity contribution is 5.74. The number of carboxylic acid groups (broad SMARTS) is 1. The summed E-state index contributed by atoms with van der Waals surface area (Å²) in [4.78, 5) is 11.0. The normalized spacial score (nSPS) is 16.6. The standard InChI is InChI=1S/C14H18FNO2/c1-9-8-12(15)5-4-10(9)6-7-16-13(14(17)18)11-2-3-11/h4-5,8,11,13,16H,2-3,6-7H2,1H3,(H,17,18). The van der Waals surface area contributed by atoms with Gasteiger partial charge in [-0.3, -0.25) is 4.79 Å². The molecule has 18 heavy (non-hydrogen) atoms. The van der Waals surface area contributed by atoms with Gasteiger partial charge in [0.05, 0.1) is 0 Å². The summed E-state index contributed by atoms with van der Waals surface area (Å²) in [7, 11) is 0. The minimum absolute atomic E-state index is 0.231. The number of aryl methyl sites for hydroxylation is 1. The van der Waals surface area contributed by atoms with Crippen LogP contribution in [0.25, 0.3) is 0 Å². The molecule has 0 aromatic heterocycles. The van der Waals surface area contributed by atoms with E-state index in [9.17, 15) is 9.18 Å². The van der Waals surface area contributed by atoms with E-state index in [1.165, 1.54) is 12.1 Å². The Morgan fingerprint density at radius 2 is 2.28 bits per heavy atom. The molecule has 4 heteroatoms. The van der Waals surface area contributed by atoms with Crippen LogP contribution in [0.3, 0.4) is 0 Å². The average molecular weight is 251 g/mol. The molecule has 2 rings (SSSR count). The summed E-state index contributed by atoms with van der Waals surface area (Å²) in [6, 6.07) is 4.29. The lowest BCUT2D eigenvalue weighted by Crippen LogP contribution is -2.39. The van der Waals surface area contributed by atoms with Crippen LogP contribution in [0.5, 0.6) is 0 Å². The van der Waals surface area contributed by atoms with Crippen LogP contribution in [0.2, 0.25) is 0 Å². The first-order chi connectivity index (χ1) is 8.58. The second kappa shape index (κ2) is 5.48. The summed E-state index contributed by atoms with van der Waals surface area (Å²) < 4.78 is 12.9. The number of carbonyl (C=O) groups is 1. The number of halogens is 1.